The van der Waals surface area contributed by atoms with Crippen LogP contribution in [0.5, 0.6) is 5.75 Å². The second-order valence-electron chi connectivity index (χ2n) is 4.69. The van der Waals surface area contributed by atoms with Gasteiger partial charge < -0.3 is 9.72 Å². The average molecular weight is 252 g/mol. The Morgan fingerprint density at radius 2 is 1.89 bits per heavy atom. The van der Waals surface area contributed by atoms with Crippen LogP contribution >= 0.6 is 0 Å². The van der Waals surface area contributed by atoms with Crippen LogP contribution < -0.4 is 4.74 Å². The molecular weight excluding hydrogens is 236 g/mol. The second kappa shape index (κ2) is 4.76. The summed E-state index contributed by atoms with van der Waals surface area (Å²) in [6, 6.07) is 14.1. The first kappa shape index (κ1) is 11.8. The van der Waals surface area contributed by atoms with Crippen LogP contribution in [0.2, 0.25) is 0 Å². The van der Waals surface area contributed by atoms with E-state index in [9.17, 15) is 0 Å². The maximum absolute atomic E-state index is 5.84. The van der Waals surface area contributed by atoms with Crippen LogP contribution in [0.4, 0.5) is 0 Å². The standard InChI is InChI=1S/C16H16N2O/c1-11-6-5-9-15(12(11)2)19-10-16-17-13-7-3-4-8-14(13)18-16/h3-9H,10H2,1-2H3,(H,17,18). The number of imidazole rings is 1. The van der Waals surface area contributed by atoms with E-state index in [-0.39, 0.29) is 0 Å². The van der Waals surface area contributed by atoms with Crippen LogP contribution in [0.25, 0.3) is 11.0 Å². The van der Waals surface area contributed by atoms with Gasteiger partial charge in [0.15, 0.2) is 0 Å². The zero-order valence-electron chi connectivity index (χ0n) is 11.1. The molecule has 3 rings (SSSR count). The molecule has 0 atom stereocenters. The molecule has 1 heterocycles. The number of nitrogens with zero attached hydrogens (tertiary/aromatic N) is 1. The summed E-state index contributed by atoms with van der Waals surface area (Å²) in [5.41, 5.74) is 4.44. The lowest BCUT2D eigenvalue weighted by atomic mass is 10.1. The first-order valence-electron chi connectivity index (χ1n) is 6.36. The van der Waals surface area contributed by atoms with Gasteiger partial charge in [-0.1, -0.05) is 24.3 Å². The van der Waals surface area contributed by atoms with Gasteiger partial charge in [0.05, 0.1) is 11.0 Å². The summed E-state index contributed by atoms with van der Waals surface area (Å²) in [4.78, 5) is 7.76. The second-order valence-corrected chi connectivity index (χ2v) is 4.69. The molecule has 0 aliphatic heterocycles. The van der Waals surface area contributed by atoms with E-state index in [0.717, 1.165) is 22.6 Å². The van der Waals surface area contributed by atoms with E-state index >= 15 is 0 Å². The van der Waals surface area contributed by atoms with E-state index in [1.54, 1.807) is 0 Å². The van der Waals surface area contributed by atoms with Crippen LogP contribution in [0, 0.1) is 13.8 Å². The number of hydrogen-bond donors (Lipinski definition) is 1. The summed E-state index contributed by atoms with van der Waals surface area (Å²) >= 11 is 0. The minimum absolute atomic E-state index is 0.457. The van der Waals surface area contributed by atoms with E-state index in [0.29, 0.717) is 6.61 Å². The van der Waals surface area contributed by atoms with E-state index in [2.05, 4.69) is 29.9 Å². The number of aryl methyl sites for hydroxylation is 1. The molecule has 3 aromatic rings. The van der Waals surface area contributed by atoms with Gasteiger partial charge in [-0.15, -0.1) is 0 Å². The monoisotopic (exact) mass is 252 g/mol. The lowest BCUT2D eigenvalue weighted by molar-refractivity contribution is 0.295. The number of aromatic nitrogens is 2. The smallest absolute Gasteiger partial charge is 0.146 e. The molecule has 19 heavy (non-hydrogen) atoms. The molecule has 3 heteroatoms. The molecule has 0 saturated carbocycles. The summed E-state index contributed by atoms with van der Waals surface area (Å²) in [6.45, 7) is 4.62. The summed E-state index contributed by atoms with van der Waals surface area (Å²) in [7, 11) is 0. The third-order valence-electron chi connectivity index (χ3n) is 3.36. The topological polar surface area (TPSA) is 37.9 Å². The number of ether oxygens (including phenoxy) is 1. The maximum atomic E-state index is 5.84. The Bertz CT molecular complexity index is 683. The maximum Gasteiger partial charge on any atom is 0.146 e. The van der Waals surface area contributed by atoms with Crippen molar-refractivity contribution in [1.82, 2.24) is 9.97 Å². The largest absolute Gasteiger partial charge is 0.485 e. The number of nitrogens with one attached hydrogen (secondary N) is 1. The van der Waals surface area contributed by atoms with E-state index in [4.69, 9.17) is 4.74 Å². The van der Waals surface area contributed by atoms with Gasteiger partial charge in [-0.3, -0.25) is 0 Å². The van der Waals surface area contributed by atoms with Crippen LogP contribution in [0.15, 0.2) is 42.5 Å². The predicted octanol–water partition coefficient (Wildman–Crippen LogP) is 3.76. The molecule has 2 aromatic carbocycles. The van der Waals surface area contributed by atoms with Crippen LogP contribution in [0.1, 0.15) is 17.0 Å². The molecule has 1 N–H and O–H groups in total. The van der Waals surface area contributed by atoms with Crippen molar-refractivity contribution in [2.75, 3.05) is 0 Å². The highest BCUT2D eigenvalue weighted by Gasteiger charge is 2.05. The third kappa shape index (κ3) is 2.32. The van der Waals surface area contributed by atoms with Gasteiger partial charge in [0.25, 0.3) is 0 Å². The molecule has 96 valence electrons. The third-order valence-corrected chi connectivity index (χ3v) is 3.36. The number of para-hydroxylation sites is 2. The number of H-pyrrole nitrogens is 1. The van der Waals surface area contributed by atoms with Crippen molar-refractivity contribution in [1.29, 1.82) is 0 Å². The molecule has 0 radical (unpaired) electrons. The first-order chi connectivity index (χ1) is 9.24. The molecule has 0 amide bonds. The highest BCUT2D eigenvalue weighted by molar-refractivity contribution is 5.74. The minimum Gasteiger partial charge on any atom is -0.485 e. The fourth-order valence-corrected chi connectivity index (χ4v) is 2.10. The summed E-state index contributed by atoms with van der Waals surface area (Å²) in [6.07, 6.45) is 0. The van der Waals surface area contributed by atoms with Gasteiger partial charge >= 0.3 is 0 Å². The van der Waals surface area contributed by atoms with Gasteiger partial charge in [-0.2, -0.15) is 0 Å². The SMILES string of the molecule is Cc1cccc(OCc2nc3ccccc3[nH]2)c1C. The molecule has 0 fully saturated rings. The van der Waals surface area contributed by atoms with Crippen LogP contribution in [-0.4, -0.2) is 9.97 Å². The van der Waals surface area contributed by atoms with Gasteiger partial charge in [0, 0.05) is 0 Å². The Kier molecular flexibility index (Phi) is 2.95. The molecule has 0 aliphatic carbocycles. The van der Waals surface area contributed by atoms with E-state index in [1.807, 2.05) is 36.4 Å². The van der Waals surface area contributed by atoms with Gasteiger partial charge in [-0.05, 0) is 43.2 Å². The highest BCUT2D eigenvalue weighted by Crippen LogP contribution is 2.21. The van der Waals surface area contributed by atoms with Crippen molar-refractivity contribution < 1.29 is 4.74 Å². The van der Waals surface area contributed by atoms with E-state index < -0.39 is 0 Å². The molecule has 0 spiro atoms. The lowest BCUT2D eigenvalue weighted by Crippen LogP contribution is -1.99. The summed E-state index contributed by atoms with van der Waals surface area (Å²) < 4.78 is 5.84. The van der Waals surface area contributed by atoms with Crippen molar-refractivity contribution in [3.63, 3.8) is 0 Å². The van der Waals surface area contributed by atoms with Crippen LogP contribution in [0.3, 0.4) is 0 Å². The Hall–Kier alpha value is -2.29. The summed E-state index contributed by atoms with van der Waals surface area (Å²) in [5.74, 6) is 1.77. The normalized spacial score (nSPS) is 10.8. The number of fused-ring (bicyclic) bond motifs is 1. The van der Waals surface area contributed by atoms with E-state index in [1.165, 1.54) is 11.1 Å². The first-order valence-corrected chi connectivity index (χ1v) is 6.36. The molecule has 3 nitrogen and oxygen atoms in total. The molecular formula is C16H16N2O. The molecule has 0 bridgehead atoms. The zero-order chi connectivity index (χ0) is 13.2. The molecule has 0 saturated heterocycles. The number of rotatable bonds is 3. The Labute approximate surface area is 112 Å². The number of aromatic amines is 1. The van der Waals surface area contributed by atoms with Gasteiger partial charge in [-0.25, -0.2) is 4.98 Å². The zero-order valence-corrected chi connectivity index (χ0v) is 11.1. The van der Waals surface area contributed by atoms with Crippen molar-refractivity contribution in [2.45, 2.75) is 20.5 Å². The average Bonchev–Trinajstić information content (AvgIpc) is 2.83. The lowest BCUT2D eigenvalue weighted by Gasteiger charge is -2.09. The fraction of sp³-hybridized carbons (Fsp3) is 0.188. The van der Waals surface area contributed by atoms with Crippen molar-refractivity contribution >= 4 is 11.0 Å². The number of benzene rings is 2. The number of hydrogen-bond acceptors (Lipinski definition) is 2. The summed E-state index contributed by atoms with van der Waals surface area (Å²) in [5, 5.41) is 0. The van der Waals surface area contributed by atoms with Gasteiger partial charge in [0.1, 0.15) is 18.2 Å². The van der Waals surface area contributed by atoms with Crippen molar-refractivity contribution in [3.05, 3.63) is 59.4 Å². The molecule has 0 aliphatic rings. The van der Waals surface area contributed by atoms with Crippen molar-refractivity contribution in [2.24, 2.45) is 0 Å². The van der Waals surface area contributed by atoms with Crippen molar-refractivity contribution in [3.8, 4) is 5.75 Å². The molecule has 1 aromatic heterocycles. The molecule has 0 unspecified atom stereocenters. The Balaban J connectivity index is 1.80. The Morgan fingerprint density at radius 1 is 1.05 bits per heavy atom. The van der Waals surface area contributed by atoms with Gasteiger partial charge in [0.2, 0.25) is 0 Å². The van der Waals surface area contributed by atoms with Crippen LogP contribution in [-0.2, 0) is 6.61 Å². The highest BCUT2D eigenvalue weighted by atomic mass is 16.5. The predicted molar refractivity (Wildman–Crippen MR) is 76.3 cm³/mol. The Morgan fingerprint density at radius 3 is 2.74 bits per heavy atom. The fourth-order valence-electron chi connectivity index (χ4n) is 2.10. The minimum atomic E-state index is 0.457. The quantitative estimate of drug-likeness (QED) is 0.770.